The van der Waals surface area contributed by atoms with E-state index >= 15 is 0 Å². The molecular formula is C21H29ClF2O3S. The van der Waals surface area contributed by atoms with Gasteiger partial charge in [-0.25, -0.2) is 4.79 Å². The molecule has 0 saturated carbocycles. The van der Waals surface area contributed by atoms with Crippen LogP contribution in [-0.4, -0.2) is 31.5 Å². The minimum Gasteiger partial charge on any atom is -0.464 e. The lowest BCUT2D eigenvalue weighted by Crippen LogP contribution is -2.30. The molecule has 1 aromatic rings. The highest BCUT2D eigenvalue weighted by Crippen LogP contribution is 2.47. The molecule has 1 aliphatic rings. The zero-order valence-corrected chi connectivity index (χ0v) is 18.7. The summed E-state index contributed by atoms with van der Waals surface area (Å²) in [5.74, 6) is -0.463. The number of carbonyl (C=O) groups excluding carboxylic acids is 1. The minimum absolute atomic E-state index is 0.243. The lowest BCUT2D eigenvalue weighted by molar-refractivity contribution is -0.166. The lowest BCUT2D eigenvalue weighted by atomic mass is 9.75. The van der Waals surface area contributed by atoms with Crippen LogP contribution in [0, 0.1) is 12.3 Å². The van der Waals surface area contributed by atoms with Crippen LogP contribution in [0.3, 0.4) is 0 Å². The van der Waals surface area contributed by atoms with Crippen molar-refractivity contribution in [1.82, 2.24) is 0 Å². The highest BCUT2D eigenvalue weighted by atomic mass is 35.5. The van der Waals surface area contributed by atoms with Crippen molar-refractivity contribution in [3.8, 4) is 0 Å². The Bertz CT molecular complexity index is 733. The van der Waals surface area contributed by atoms with Crippen molar-refractivity contribution in [3.63, 3.8) is 0 Å². The van der Waals surface area contributed by atoms with Crippen molar-refractivity contribution >= 4 is 34.5 Å². The van der Waals surface area contributed by atoms with Gasteiger partial charge in [0.05, 0.1) is 25.6 Å². The number of alkyl halides is 2. The number of allylic oxidation sites excluding steroid dienone is 2. The van der Waals surface area contributed by atoms with Crippen LogP contribution in [0.15, 0.2) is 6.08 Å². The molecule has 2 rings (SSSR count). The van der Waals surface area contributed by atoms with E-state index in [2.05, 4.69) is 0 Å². The Morgan fingerprint density at radius 2 is 2.00 bits per heavy atom. The normalized spacial score (nSPS) is 17.9. The topological polar surface area (TPSA) is 35.5 Å². The van der Waals surface area contributed by atoms with Crippen LogP contribution in [0.4, 0.5) is 8.78 Å². The first-order chi connectivity index (χ1) is 13.1. The summed E-state index contributed by atoms with van der Waals surface area (Å²) in [4.78, 5) is 13.6. The molecule has 0 aliphatic heterocycles. The predicted octanol–water partition coefficient (Wildman–Crippen LogP) is 6.62. The van der Waals surface area contributed by atoms with Crippen LogP contribution in [0.1, 0.15) is 69.1 Å². The Morgan fingerprint density at radius 1 is 1.36 bits per heavy atom. The van der Waals surface area contributed by atoms with E-state index in [1.165, 1.54) is 11.3 Å². The number of esters is 1. The summed E-state index contributed by atoms with van der Waals surface area (Å²) in [7, 11) is 0. The van der Waals surface area contributed by atoms with Gasteiger partial charge in [-0.1, -0.05) is 17.7 Å². The molecule has 1 aromatic heterocycles. The highest BCUT2D eigenvalue weighted by molar-refractivity contribution is 7.16. The Kier molecular flexibility index (Phi) is 7.68. The van der Waals surface area contributed by atoms with E-state index < -0.39 is 36.4 Å². The van der Waals surface area contributed by atoms with E-state index in [1.807, 2.05) is 33.8 Å². The molecule has 0 radical (unpaired) electrons. The largest absolute Gasteiger partial charge is 0.464 e. The number of hydrogen-bond acceptors (Lipinski definition) is 4. The smallest absolute Gasteiger partial charge is 0.340 e. The van der Waals surface area contributed by atoms with Gasteiger partial charge < -0.3 is 9.47 Å². The summed E-state index contributed by atoms with van der Waals surface area (Å²) in [5.41, 5.74) is 0.840. The van der Waals surface area contributed by atoms with E-state index in [9.17, 15) is 13.6 Å². The fraction of sp³-hybridized carbons (Fsp3) is 0.667. The molecule has 3 nitrogen and oxygen atoms in total. The van der Waals surface area contributed by atoms with Gasteiger partial charge in [-0.3, -0.25) is 8.78 Å². The molecule has 0 amide bonds. The molecule has 1 heterocycles. The van der Waals surface area contributed by atoms with Crippen molar-refractivity contribution in [2.24, 2.45) is 5.41 Å². The summed E-state index contributed by atoms with van der Waals surface area (Å²) < 4.78 is 38.6. The maximum absolute atomic E-state index is 13.4. The Labute approximate surface area is 175 Å². The number of ether oxygens (including phenoxy) is 2. The summed E-state index contributed by atoms with van der Waals surface area (Å²) in [6.07, 6.45) is 2.17. The first kappa shape index (κ1) is 23.3. The molecule has 0 fully saturated rings. The van der Waals surface area contributed by atoms with Crippen molar-refractivity contribution in [2.75, 3.05) is 20.0 Å². The maximum Gasteiger partial charge on any atom is 0.340 e. The van der Waals surface area contributed by atoms with E-state index in [1.54, 1.807) is 6.92 Å². The average Bonchev–Trinajstić information content (AvgIpc) is 2.93. The van der Waals surface area contributed by atoms with Crippen molar-refractivity contribution < 1.29 is 23.0 Å². The van der Waals surface area contributed by atoms with Gasteiger partial charge in [0.1, 0.15) is 4.34 Å². The number of rotatable bonds is 7. The standard InChI is InChI=1S/C21H29ClF2O3S/c1-6-26-19(25)17(27-20(3,4)5)15-13(2)28-18(22)16(15)14-7-9-21(11-23,12-24)10-8-14/h7,17H,6,8-12H2,1-5H3. The minimum atomic E-state index is -0.941. The molecule has 158 valence electrons. The predicted molar refractivity (Wildman–Crippen MR) is 110 cm³/mol. The zero-order chi connectivity index (χ0) is 21.1. The highest BCUT2D eigenvalue weighted by Gasteiger charge is 2.37. The number of halogens is 3. The van der Waals surface area contributed by atoms with Crippen LogP contribution in [0.2, 0.25) is 4.34 Å². The van der Waals surface area contributed by atoms with Gasteiger partial charge in [0.2, 0.25) is 0 Å². The number of hydrogen-bond donors (Lipinski definition) is 0. The average molecular weight is 435 g/mol. The number of aryl methyl sites for hydroxylation is 1. The summed E-state index contributed by atoms with van der Waals surface area (Å²) in [6, 6.07) is 0. The Hall–Kier alpha value is -0.980. The third kappa shape index (κ3) is 5.14. The summed E-state index contributed by atoms with van der Waals surface area (Å²) in [5, 5.41) is 0. The second-order valence-corrected chi connectivity index (χ2v) is 10.1. The Balaban J connectivity index is 2.51. The molecule has 0 N–H and O–H groups in total. The quantitative estimate of drug-likeness (QED) is 0.452. The van der Waals surface area contributed by atoms with E-state index in [4.69, 9.17) is 21.1 Å². The number of thiophene rings is 1. The number of carbonyl (C=O) groups is 1. The van der Waals surface area contributed by atoms with Gasteiger partial charge in [0.25, 0.3) is 0 Å². The molecule has 1 aliphatic carbocycles. The third-order valence-corrected chi connectivity index (χ3v) is 6.25. The van der Waals surface area contributed by atoms with Crippen LogP contribution in [-0.2, 0) is 14.3 Å². The molecule has 28 heavy (non-hydrogen) atoms. The summed E-state index contributed by atoms with van der Waals surface area (Å²) in [6.45, 7) is 8.14. The molecule has 0 spiro atoms. The second kappa shape index (κ2) is 9.23. The third-order valence-electron chi connectivity index (χ3n) is 4.92. The Morgan fingerprint density at radius 3 is 2.46 bits per heavy atom. The fourth-order valence-corrected chi connectivity index (χ4v) is 4.88. The van der Waals surface area contributed by atoms with Gasteiger partial charge in [0.15, 0.2) is 6.10 Å². The van der Waals surface area contributed by atoms with Crippen molar-refractivity contribution in [2.45, 2.75) is 65.6 Å². The van der Waals surface area contributed by atoms with Crippen LogP contribution in [0.5, 0.6) is 0 Å². The molecular weight excluding hydrogens is 406 g/mol. The molecule has 0 saturated heterocycles. The first-order valence-electron chi connectivity index (χ1n) is 9.52. The summed E-state index contributed by atoms with van der Waals surface area (Å²) >= 11 is 7.92. The van der Waals surface area contributed by atoms with Gasteiger partial charge in [-0.05, 0) is 59.5 Å². The SMILES string of the molecule is CCOC(=O)C(OC(C)(C)C)c1c(C)sc(Cl)c1C1=CCC(CF)(CF)CC1. The van der Waals surface area contributed by atoms with Crippen molar-refractivity contribution in [1.29, 1.82) is 0 Å². The molecule has 7 heteroatoms. The first-order valence-corrected chi connectivity index (χ1v) is 10.7. The van der Waals surface area contributed by atoms with Crippen molar-refractivity contribution in [3.05, 3.63) is 26.4 Å². The van der Waals surface area contributed by atoms with Crippen LogP contribution < -0.4 is 0 Å². The molecule has 1 atom stereocenters. The van der Waals surface area contributed by atoms with Gasteiger partial charge >= 0.3 is 5.97 Å². The van der Waals surface area contributed by atoms with Gasteiger partial charge in [-0.2, -0.15) is 0 Å². The van der Waals surface area contributed by atoms with E-state index in [-0.39, 0.29) is 6.61 Å². The van der Waals surface area contributed by atoms with Gasteiger partial charge in [0, 0.05) is 21.4 Å². The van der Waals surface area contributed by atoms with E-state index in [0.717, 1.165) is 16.0 Å². The van der Waals surface area contributed by atoms with Gasteiger partial charge in [-0.15, -0.1) is 11.3 Å². The molecule has 1 unspecified atom stereocenters. The molecule has 0 aromatic carbocycles. The lowest BCUT2D eigenvalue weighted by Gasteiger charge is -2.32. The van der Waals surface area contributed by atoms with Crippen LogP contribution in [0.25, 0.3) is 5.57 Å². The molecule has 0 bridgehead atoms. The van der Waals surface area contributed by atoms with E-state index in [0.29, 0.717) is 29.2 Å². The zero-order valence-electron chi connectivity index (χ0n) is 17.2. The fourth-order valence-electron chi connectivity index (χ4n) is 3.38. The maximum atomic E-state index is 13.4. The van der Waals surface area contributed by atoms with Crippen LogP contribution >= 0.6 is 22.9 Å². The second-order valence-electron chi connectivity index (χ2n) is 8.28. The monoisotopic (exact) mass is 434 g/mol.